The number of aromatic nitrogens is 3. The van der Waals surface area contributed by atoms with Gasteiger partial charge in [-0.1, -0.05) is 0 Å². The fraction of sp³-hybridized carbons (Fsp3) is 0.316. The fourth-order valence-corrected chi connectivity index (χ4v) is 2.64. The Morgan fingerprint density at radius 2 is 1.83 bits per heavy atom. The van der Waals surface area contributed by atoms with E-state index in [9.17, 15) is 0 Å². The molecule has 0 unspecified atom stereocenters. The molecule has 0 atom stereocenters. The number of nitrogens with one attached hydrogen (secondary N) is 1. The summed E-state index contributed by atoms with van der Waals surface area (Å²) in [5.41, 5.74) is 3.77. The summed E-state index contributed by atoms with van der Waals surface area (Å²) in [6.45, 7) is 5.05. The Kier molecular flexibility index (Phi) is 4.71. The first-order chi connectivity index (χ1) is 11.6. The average molecular weight is 322 g/mol. The van der Waals surface area contributed by atoms with Crippen LogP contribution in [0, 0.1) is 0 Å². The molecule has 3 heterocycles. The van der Waals surface area contributed by atoms with Gasteiger partial charge in [-0.05, 0) is 44.5 Å². The van der Waals surface area contributed by atoms with E-state index < -0.39 is 0 Å². The number of fused-ring (bicyclic) bond motifs is 1. The Morgan fingerprint density at radius 1 is 1.08 bits per heavy atom. The summed E-state index contributed by atoms with van der Waals surface area (Å²) in [6.07, 6.45) is 8.06. The molecule has 3 rings (SSSR count). The molecule has 0 aliphatic heterocycles. The molecule has 0 fully saturated rings. The van der Waals surface area contributed by atoms with Gasteiger partial charge in [0.15, 0.2) is 0 Å². The lowest BCUT2D eigenvalue weighted by Gasteiger charge is -2.28. The third-order valence-corrected chi connectivity index (χ3v) is 3.99. The quantitative estimate of drug-likeness (QED) is 0.745. The van der Waals surface area contributed by atoms with Crippen molar-refractivity contribution >= 4 is 16.6 Å². The van der Waals surface area contributed by atoms with Crippen molar-refractivity contribution in [1.82, 2.24) is 15.0 Å². The van der Waals surface area contributed by atoms with E-state index in [1.807, 2.05) is 18.2 Å². The maximum atomic E-state index is 5.23. The summed E-state index contributed by atoms with van der Waals surface area (Å²) in [7, 11) is 1.73. The van der Waals surface area contributed by atoms with E-state index in [2.05, 4.69) is 35.2 Å². The molecule has 0 bridgehead atoms. The predicted molar refractivity (Wildman–Crippen MR) is 97.0 cm³/mol. The zero-order valence-corrected chi connectivity index (χ0v) is 14.3. The normalized spacial score (nSPS) is 11.6. The minimum Gasteiger partial charge on any atom is -0.385 e. The number of ether oxygens (including phenoxy) is 1. The minimum absolute atomic E-state index is 0.0942. The SMILES string of the molecule is COCCC(C)(C)Nc1cc(-c2ccncc2)nc2cnccc12. The molecule has 0 amide bonds. The van der Waals surface area contributed by atoms with Crippen LogP contribution in [0.2, 0.25) is 0 Å². The first-order valence-electron chi connectivity index (χ1n) is 8.01. The van der Waals surface area contributed by atoms with Crippen LogP contribution in [-0.2, 0) is 4.74 Å². The van der Waals surface area contributed by atoms with Gasteiger partial charge in [0.25, 0.3) is 0 Å². The summed E-state index contributed by atoms with van der Waals surface area (Å²) in [5.74, 6) is 0. The number of nitrogens with zero attached hydrogens (tertiary/aromatic N) is 3. The molecule has 0 aromatic carbocycles. The molecule has 0 saturated heterocycles. The summed E-state index contributed by atoms with van der Waals surface area (Å²) >= 11 is 0. The van der Waals surface area contributed by atoms with Gasteiger partial charge >= 0.3 is 0 Å². The van der Waals surface area contributed by atoms with E-state index in [1.54, 1.807) is 31.9 Å². The molecular weight excluding hydrogens is 300 g/mol. The minimum atomic E-state index is -0.0942. The maximum absolute atomic E-state index is 5.23. The smallest absolute Gasteiger partial charge is 0.0913 e. The van der Waals surface area contributed by atoms with E-state index in [0.717, 1.165) is 34.3 Å². The van der Waals surface area contributed by atoms with Crippen molar-refractivity contribution in [3.63, 3.8) is 0 Å². The molecule has 0 spiro atoms. The van der Waals surface area contributed by atoms with Gasteiger partial charge in [0, 0.05) is 54.5 Å². The Balaban J connectivity index is 2.05. The van der Waals surface area contributed by atoms with E-state index in [4.69, 9.17) is 9.72 Å². The highest BCUT2D eigenvalue weighted by Gasteiger charge is 2.19. The van der Waals surface area contributed by atoms with Gasteiger partial charge in [-0.25, -0.2) is 4.98 Å². The number of rotatable bonds is 6. The van der Waals surface area contributed by atoms with Crippen LogP contribution >= 0.6 is 0 Å². The van der Waals surface area contributed by atoms with E-state index >= 15 is 0 Å². The zero-order chi connectivity index (χ0) is 17.0. The Bertz CT molecular complexity index is 818. The first-order valence-corrected chi connectivity index (χ1v) is 8.01. The molecule has 0 aliphatic rings. The molecule has 0 aliphatic carbocycles. The number of methoxy groups -OCH3 is 1. The molecule has 5 nitrogen and oxygen atoms in total. The second-order valence-corrected chi connectivity index (χ2v) is 6.44. The molecule has 1 N–H and O–H groups in total. The van der Waals surface area contributed by atoms with Crippen LogP contribution in [0.3, 0.4) is 0 Å². The molecular formula is C19H22N4O. The topological polar surface area (TPSA) is 59.9 Å². The van der Waals surface area contributed by atoms with Crippen LogP contribution in [-0.4, -0.2) is 34.2 Å². The largest absolute Gasteiger partial charge is 0.385 e. The molecule has 5 heteroatoms. The molecule has 0 saturated carbocycles. The zero-order valence-electron chi connectivity index (χ0n) is 14.3. The number of hydrogen-bond donors (Lipinski definition) is 1. The lowest BCUT2D eigenvalue weighted by molar-refractivity contribution is 0.179. The van der Waals surface area contributed by atoms with Gasteiger partial charge in [-0.15, -0.1) is 0 Å². The van der Waals surface area contributed by atoms with Crippen molar-refractivity contribution in [2.75, 3.05) is 19.0 Å². The molecule has 3 aromatic heterocycles. The van der Waals surface area contributed by atoms with Gasteiger partial charge in [0.05, 0.1) is 17.4 Å². The van der Waals surface area contributed by atoms with Crippen molar-refractivity contribution in [3.8, 4) is 11.3 Å². The number of hydrogen-bond acceptors (Lipinski definition) is 5. The highest BCUT2D eigenvalue weighted by Crippen LogP contribution is 2.30. The van der Waals surface area contributed by atoms with Gasteiger partial charge in [0.1, 0.15) is 0 Å². The van der Waals surface area contributed by atoms with Crippen LogP contribution in [0.4, 0.5) is 5.69 Å². The van der Waals surface area contributed by atoms with Crippen molar-refractivity contribution in [2.45, 2.75) is 25.8 Å². The van der Waals surface area contributed by atoms with Crippen LogP contribution in [0.15, 0.2) is 49.1 Å². The molecule has 124 valence electrons. The van der Waals surface area contributed by atoms with Crippen LogP contribution in [0.5, 0.6) is 0 Å². The number of pyridine rings is 3. The number of anilines is 1. The molecule has 24 heavy (non-hydrogen) atoms. The van der Waals surface area contributed by atoms with Gasteiger partial charge in [-0.3, -0.25) is 9.97 Å². The summed E-state index contributed by atoms with van der Waals surface area (Å²) in [4.78, 5) is 13.0. The third-order valence-electron chi connectivity index (χ3n) is 3.99. The lowest BCUT2D eigenvalue weighted by Crippen LogP contribution is -2.32. The monoisotopic (exact) mass is 322 g/mol. The van der Waals surface area contributed by atoms with Crippen LogP contribution in [0.1, 0.15) is 20.3 Å². The van der Waals surface area contributed by atoms with Crippen LogP contribution < -0.4 is 5.32 Å². The predicted octanol–water partition coefficient (Wildman–Crippen LogP) is 3.92. The first kappa shape index (κ1) is 16.3. The molecule has 3 aromatic rings. The van der Waals surface area contributed by atoms with E-state index in [-0.39, 0.29) is 5.54 Å². The Morgan fingerprint density at radius 3 is 2.58 bits per heavy atom. The summed E-state index contributed by atoms with van der Waals surface area (Å²) in [6, 6.07) is 8.01. The molecule has 0 radical (unpaired) electrons. The van der Waals surface area contributed by atoms with Crippen molar-refractivity contribution in [3.05, 3.63) is 49.1 Å². The Hall–Kier alpha value is -2.53. The van der Waals surface area contributed by atoms with Crippen molar-refractivity contribution in [1.29, 1.82) is 0 Å². The standard InChI is InChI=1S/C19H22N4O/c1-19(2,7-11-24-3)23-17-12-16(14-4-8-20-9-5-14)22-18-13-21-10-6-15(17)18/h4-6,8-10,12-13H,7,11H2,1-3H3,(H,22,23). The fourth-order valence-electron chi connectivity index (χ4n) is 2.64. The summed E-state index contributed by atoms with van der Waals surface area (Å²) < 4.78 is 5.23. The van der Waals surface area contributed by atoms with Crippen molar-refractivity contribution < 1.29 is 4.74 Å². The second kappa shape index (κ2) is 6.93. The summed E-state index contributed by atoms with van der Waals surface area (Å²) in [5, 5.41) is 4.71. The highest BCUT2D eigenvalue weighted by atomic mass is 16.5. The van der Waals surface area contributed by atoms with Gasteiger partial charge < -0.3 is 10.1 Å². The van der Waals surface area contributed by atoms with Gasteiger partial charge in [0.2, 0.25) is 0 Å². The van der Waals surface area contributed by atoms with E-state index in [0.29, 0.717) is 6.61 Å². The maximum Gasteiger partial charge on any atom is 0.0913 e. The van der Waals surface area contributed by atoms with Gasteiger partial charge in [-0.2, -0.15) is 0 Å². The average Bonchev–Trinajstić information content (AvgIpc) is 2.60. The Labute approximate surface area is 142 Å². The highest BCUT2D eigenvalue weighted by molar-refractivity contribution is 5.93. The van der Waals surface area contributed by atoms with E-state index in [1.165, 1.54) is 0 Å². The van der Waals surface area contributed by atoms with Crippen LogP contribution in [0.25, 0.3) is 22.2 Å². The third kappa shape index (κ3) is 3.68. The lowest BCUT2D eigenvalue weighted by atomic mass is 9.99. The van der Waals surface area contributed by atoms with Crippen molar-refractivity contribution in [2.24, 2.45) is 0 Å². The second-order valence-electron chi connectivity index (χ2n) is 6.44.